The van der Waals surface area contributed by atoms with Crippen LogP contribution in [-0.2, 0) is 0 Å². The molecule has 0 N–H and O–H groups in total. The lowest BCUT2D eigenvalue weighted by molar-refractivity contribution is 0.967. The molecule has 0 atom stereocenters. The van der Waals surface area contributed by atoms with Gasteiger partial charge in [-0.3, -0.25) is 4.98 Å². The summed E-state index contributed by atoms with van der Waals surface area (Å²) in [5.41, 5.74) is 2.31. The van der Waals surface area contributed by atoms with Gasteiger partial charge in [-0.2, -0.15) is 0 Å². The molecule has 0 saturated carbocycles. The lowest BCUT2D eigenvalue weighted by atomic mass is 10.0. The highest BCUT2D eigenvalue weighted by molar-refractivity contribution is 7.99. The van der Waals surface area contributed by atoms with Crippen molar-refractivity contribution in [1.82, 2.24) is 15.0 Å². The second-order valence-electron chi connectivity index (χ2n) is 3.15. The van der Waals surface area contributed by atoms with Crippen molar-refractivity contribution in [2.45, 2.75) is 19.0 Å². The van der Waals surface area contributed by atoms with Crippen LogP contribution in [0, 0.1) is 6.92 Å². The van der Waals surface area contributed by atoms with Crippen LogP contribution in [0.2, 0.25) is 0 Å². The van der Waals surface area contributed by atoms with E-state index < -0.39 is 0 Å². The van der Waals surface area contributed by atoms with Gasteiger partial charge in [-0.1, -0.05) is 18.7 Å². The third-order valence-electron chi connectivity index (χ3n) is 2.05. The molecule has 5 heteroatoms. The van der Waals surface area contributed by atoms with Crippen molar-refractivity contribution in [1.29, 1.82) is 0 Å². The summed E-state index contributed by atoms with van der Waals surface area (Å²) in [6.07, 6.45) is 1.69. The summed E-state index contributed by atoms with van der Waals surface area (Å²) in [7, 11) is 5.62. The Kier molecular flexibility index (Phi) is 2.91. The number of aromatic nitrogens is 3. The van der Waals surface area contributed by atoms with Gasteiger partial charge in [0.25, 0.3) is 0 Å². The maximum absolute atomic E-state index is 5.62. The Bertz CT molecular complexity index is 501. The van der Waals surface area contributed by atoms with E-state index in [0.29, 0.717) is 5.59 Å². The van der Waals surface area contributed by atoms with E-state index in [9.17, 15) is 0 Å². The Morgan fingerprint density at radius 1 is 1.40 bits per heavy atom. The van der Waals surface area contributed by atoms with Gasteiger partial charge in [0, 0.05) is 11.1 Å². The molecule has 74 valence electrons. The molecule has 2 aromatic heterocycles. The van der Waals surface area contributed by atoms with Crippen molar-refractivity contribution >= 4 is 36.1 Å². The van der Waals surface area contributed by atoms with E-state index in [4.69, 9.17) is 7.85 Å². The molecule has 2 radical (unpaired) electrons. The largest absolute Gasteiger partial charge is 0.271 e. The van der Waals surface area contributed by atoms with Crippen LogP contribution in [0.15, 0.2) is 17.4 Å². The lowest BCUT2D eigenvalue weighted by Crippen LogP contribution is -2.08. The van der Waals surface area contributed by atoms with E-state index in [1.54, 1.807) is 18.0 Å². The zero-order valence-corrected chi connectivity index (χ0v) is 9.51. The molecular formula is C10H10BN3S. The van der Waals surface area contributed by atoms with E-state index in [2.05, 4.69) is 21.9 Å². The molecule has 2 rings (SSSR count). The fourth-order valence-electron chi connectivity index (χ4n) is 1.37. The van der Waals surface area contributed by atoms with Crippen molar-refractivity contribution in [3.63, 3.8) is 0 Å². The summed E-state index contributed by atoms with van der Waals surface area (Å²) in [6, 6.07) is 1.81. The summed E-state index contributed by atoms with van der Waals surface area (Å²) < 4.78 is 0. The standard InChI is InChI=1S/C10H10BN3S/c1-3-15-10-13-6(2)7-4-9(11)12-5-8(7)14-10/h4-5H,3H2,1-2H3. The number of hydrogen-bond acceptors (Lipinski definition) is 4. The molecule has 0 aliphatic rings. The fraction of sp³-hybridized carbons (Fsp3) is 0.300. The summed E-state index contributed by atoms with van der Waals surface area (Å²) in [5.74, 6) is 0.966. The first kappa shape index (κ1) is 10.4. The third kappa shape index (κ3) is 2.12. The highest BCUT2D eigenvalue weighted by Gasteiger charge is 2.04. The second kappa shape index (κ2) is 4.19. The number of aryl methyl sites for hydroxylation is 1. The van der Waals surface area contributed by atoms with Crippen LogP contribution in [-0.4, -0.2) is 28.6 Å². The maximum Gasteiger partial charge on any atom is 0.188 e. The van der Waals surface area contributed by atoms with Crippen LogP contribution < -0.4 is 5.59 Å². The van der Waals surface area contributed by atoms with Crippen molar-refractivity contribution < 1.29 is 0 Å². The molecular weight excluding hydrogens is 205 g/mol. The Hall–Kier alpha value is -1.10. The first-order valence-electron chi connectivity index (χ1n) is 4.73. The SMILES string of the molecule is [B]c1cc2c(C)nc(SCC)nc2cn1. The number of rotatable bonds is 2. The molecule has 0 aliphatic heterocycles. The van der Waals surface area contributed by atoms with Gasteiger partial charge in [-0.15, -0.1) is 0 Å². The van der Waals surface area contributed by atoms with Crippen LogP contribution in [0.1, 0.15) is 12.6 Å². The van der Waals surface area contributed by atoms with Gasteiger partial charge in [0.2, 0.25) is 0 Å². The molecule has 2 aromatic rings. The predicted molar refractivity (Wildman–Crippen MR) is 63.9 cm³/mol. The second-order valence-corrected chi connectivity index (χ2v) is 4.38. The molecule has 0 fully saturated rings. The predicted octanol–water partition coefficient (Wildman–Crippen LogP) is 1.24. The first-order valence-corrected chi connectivity index (χ1v) is 5.72. The third-order valence-corrected chi connectivity index (χ3v) is 2.78. The van der Waals surface area contributed by atoms with Gasteiger partial charge in [0.1, 0.15) is 7.85 Å². The van der Waals surface area contributed by atoms with Crippen molar-refractivity contribution in [2.24, 2.45) is 0 Å². The zero-order valence-electron chi connectivity index (χ0n) is 8.69. The van der Waals surface area contributed by atoms with Gasteiger partial charge < -0.3 is 0 Å². The van der Waals surface area contributed by atoms with E-state index in [0.717, 1.165) is 27.5 Å². The van der Waals surface area contributed by atoms with Crippen molar-refractivity contribution in [2.75, 3.05) is 5.75 Å². The average Bonchev–Trinajstić information content (AvgIpc) is 2.20. The Labute approximate surface area is 94.1 Å². The first-order chi connectivity index (χ1) is 7.20. The molecule has 3 nitrogen and oxygen atoms in total. The number of nitrogens with zero attached hydrogens (tertiary/aromatic N) is 3. The fourth-order valence-corrected chi connectivity index (χ4v) is 1.99. The quantitative estimate of drug-likeness (QED) is 0.429. The number of thioether (sulfide) groups is 1. The molecule has 2 heterocycles. The Morgan fingerprint density at radius 2 is 2.20 bits per heavy atom. The smallest absolute Gasteiger partial charge is 0.188 e. The van der Waals surface area contributed by atoms with Crippen molar-refractivity contribution in [3.05, 3.63) is 18.0 Å². The normalized spacial score (nSPS) is 10.8. The van der Waals surface area contributed by atoms with Crippen LogP contribution in [0.3, 0.4) is 0 Å². The van der Waals surface area contributed by atoms with Gasteiger partial charge in [-0.05, 0) is 24.3 Å². The van der Waals surface area contributed by atoms with Gasteiger partial charge in [0.05, 0.1) is 11.7 Å². The minimum atomic E-state index is 0.505. The summed E-state index contributed by atoms with van der Waals surface area (Å²) >= 11 is 1.63. The van der Waals surface area contributed by atoms with Crippen LogP contribution in [0.25, 0.3) is 10.9 Å². The topological polar surface area (TPSA) is 38.7 Å². The highest BCUT2D eigenvalue weighted by atomic mass is 32.2. The maximum atomic E-state index is 5.62. The Balaban J connectivity index is 2.62. The van der Waals surface area contributed by atoms with Gasteiger partial charge in [-0.25, -0.2) is 9.97 Å². The van der Waals surface area contributed by atoms with E-state index in [-0.39, 0.29) is 0 Å². The number of pyridine rings is 1. The summed E-state index contributed by atoms with van der Waals surface area (Å²) in [5, 5.41) is 1.78. The summed E-state index contributed by atoms with van der Waals surface area (Å²) in [6.45, 7) is 4.04. The molecule has 0 aromatic carbocycles. The minimum absolute atomic E-state index is 0.505. The molecule has 0 saturated heterocycles. The van der Waals surface area contributed by atoms with Crippen LogP contribution >= 0.6 is 11.8 Å². The monoisotopic (exact) mass is 215 g/mol. The zero-order chi connectivity index (χ0) is 10.8. The van der Waals surface area contributed by atoms with E-state index in [1.165, 1.54) is 0 Å². The highest BCUT2D eigenvalue weighted by Crippen LogP contribution is 2.18. The van der Waals surface area contributed by atoms with E-state index in [1.807, 2.05) is 13.0 Å². The van der Waals surface area contributed by atoms with E-state index >= 15 is 0 Å². The number of fused-ring (bicyclic) bond motifs is 1. The average molecular weight is 215 g/mol. The van der Waals surface area contributed by atoms with Crippen molar-refractivity contribution in [3.8, 4) is 0 Å². The molecule has 0 bridgehead atoms. The molecule has 0 spiro atoms. The molecule has 15 heavy (non-hydrogen) atoms. The minimum Gasteiger partial charge on any atom is -0.271 e. The molecule has 0 amide bonds. The van der Waals surface area contributed by atoms with Gasteiger partial charge >= 0.3 is 0 Å². The molecule has 0 aliphatic carbocycles. The lowest BCUT2D eigenvalue weighted by Gasteiger charge is -2.04. The van der Waals surface area contributed by atoms with Gasteiger partial charge in [0.15, 0.2) is 5.16 Å². The number of hydrogen-bond donors (Lipinski definition) is 0. The Morgan fingerprint density at radius 3 is 2.93 bits per heavy atom. The molecule has 0 unspecified atom stereocenters. The van der Waals surface area contributed by atoms with Crippen LogP contribution in [0.4, 0.5) is 0 Å². The van der Waals surface area contributed by atoms with Crippen LogP contribution in [0.5, 0.6) is 0 Å². The summed E-state index contributed by atoms with van der Waals surface area (Å²) in [4.78, 5) is 12.8.